The summed E-state index contributed by atoms with van der Waals surface area (Å²) in [5, 5.41) is 19.7. The fourth-order valence-electron chi connectivity index (χ4n) is 2.05. The van der Waals surface area contributed by atoms with Crippen LogP contribution in [0.4, 0.5) is 5.69 Å². The zero-order valence-electron chi connectivity index (χ0n) is 10.2. The average molecular weight is 235 g/mol. The van der Waals surface area contributed by atoms with Crippen molar-refractivity contribution in [3.63, 3.8) is 0 Å². The van der Waals surface area contributed by atoms with Gasteiger partial charge in [0, 0.05) is 30.1 Å². The standard InChI is InChI=1S/C15H13N3/c1-18(10-4-9-16)15-8-7-12(11-17)13-5-2-3-6-14(13)15/h2-3,5-8H,4,10H2,1H3. The molecular weight excluding hydrogens is 222 g/mol. The van der Waals surface area contributed by atoms with Gasteiger partial charge in [-0.2, -0.15) is 10.5 Å². The number of rotatable bonds is 3. The summed E-state index contributed by atoms with van der Waals surface area (Å²) in [6.45, 7) is 0.687. The van der Waals surface area contributed by atoms with E-state index >= 15 is 0 Å². The molecule has 2 rings (SSSR count). The minimum atomic E-state index is 0.491. The number of nitriles is 2. The van der Waals surface area contributed by atoms with Crippen LogP contribution >= 0.6 is 0 Å². The van der Waals surface area contributed by atoms with Crippen LogP contribution in [-0.4, -0.2) is 13.6 Å². The fourth-order valence-corrected chi connectivity index (χ4v) is 2.05. The van der Waals surface area contributed by atoms with Gasteiger partial charge in [0.1, 0.15) is 0 Å². The Morgan fingerprint density at radius 1 is 1.06 bits per heavy atom. The molecule has 0 fully saturated rings. The molecule has 2 aromatic carbocycles. The lowest BCUT2D eigenvalue weighted by Gasteiger charge is -2.20. The van der Waals surface area contributed by atoms with E-state index in [0.717, 1.165) is 16.5 Å². The molecule has 0 atom stereocenters. The molecule has 0 saturated heterocycles. The first-order chi connectivity index (χ1) is 8.77. The minimum Gasteiger partial charge on any atom is -0.373 e. The summed E-state index contributed by atoms with van der Waals surface area (Å²) in [6, 6.07) is 16.0. The van der Waals surface area contributed by atoms with Gasteiger partial charge < -0.3 is 4.90 Å². The smallest absolute Gasteiger partial charge is 0.0998 e. The van der Waals surface area contributed by atoms with E-state index in [4.69, 9.17) is 10.5 Å². The maximum atomic E-state index is 9.10. The molecule has 0 aromatic heterocycles. The van der Waals surface area contributed by atoms with Crippen molar-refractivity contribution < 1.29 is 0 Å². The third-order valence-electron chi connectivity index (χ3n) is 2.99. The Balaban J connectivity index is 2.54. The maximum Gasteiger partial charge on any atom is 0.0998 e. The number of hydrogen-bond donors (Lipinski definition) is 0. The van der Waals surface area contributed by atoms with Crippen molar-refractivity contribution in [3.05, 3.63) is 42.0 Å². The lowest BCUT2D eigenvalue weighted by molar-refractivity contribution is 0.909. The van der Waals surface area contributed by atoms with Gasteiger partial charge in [-0.25, -0.2) is 0 Å². The molecular formula is C15H13N3. The van der Waals surface area contributed by atoms with Crippen LogP contribution in [0, 0.1) is 22.7 Å². The van der Waals surface area contributed by atoms with Gasteiger partial charge in [0.15, 0.2) is 0 Å². The zero-order chi connectivity index (χ0) is 13.0. The van der Waals surface area contributed by atoms with E-state index in [1.165, 1.54) is 0 Å². The summed E-state index contributed by atoms with van der Waals surface area (Å²) in [5.41, 5.74) is 1.74. The van der Waals surface area contributed by atoms with Gasteiger partial charge in [-0.05, 0) is 12.1 Å². The highest BCUT2D eigenvalue weighted by Crippen LogP contribution is 2.28. The molecule has 0 radical (unpaired) electrons. The largest absolute Gasteiger partial charge is 0.373 e. The maximum absolute atomic E-state index is 9.10. The second kappa shape index (κ2) is 5.21. The summed E-state index contributed by atoms with van der Waals surface area (Å²) >= 11 is 0. The van der Waals surface area contributed by atoms with Gasteiger partial charge in [0.25, 0.3) is 0 Å². The van der Waals surface area contributed by atoms with E-state index in [2.05, 4.69) is 12.1 Å². The molecule has 88 valence electrons. The van der Waals surface area contributed by atoms with Crippen molar-refractivity contribution in [3.8, 4) is 12.1 Å². The van der Waals surface area contributed by atoms with Crippen molar-refractivity contribution in [2.45, 2.75) is 6.42 Å². The van der Waals surface area contributed by atoms with Crippen LogP contribution in [0.25, 0.3) is 10.8 Å². The van der Waals surface area contributed by atoms with E-state index in [1.807, 2.05) is 48.3 Å². The Kier molecular flexibility index (Phi) is 3.46. The van der Waals surface area contributed by atoms with E-state index < -0.39 is 0 Å². The first-order valence-electron chi connectivity index (χ1n) is 5.78. The topological polar surface area (TPSA) is 50.8 Å². The molecule has 3 heteroatoms. The van der Waals surface area contributed by atoms with Gasteiger partial charge in [-0.15, -0.1) is 0 Å². The lowest BCUT2D eigenvalue weighted by Crippen LogP contribution is -2.18. The van der Waals surface area contributed by atoms with E-state index in [1.54, 1.807) is 0 Å². The monoisotopic (exact) mass is 235 g/mol. The molecule has 18 heavy (non-hydrogen) atoms. The van der Waals surface area contributed by atoms with Crippen LogP contribution in [0.3, 0.4) is 0 Å². The molecule has 0 amide bonds. The number of nitrogens with zero attached hydrogens (tertiary/aromatic N) is 3. The molecule has 0 aliphatic rings. The van der Waals surface area contributed by atoms with Gasteiger partial charge in [0.05, 0.1) is 24.1 Å². The lowest BCUT2D eigenvalue weighted by atomic mass is 10.0. The molecule has 0 heterocycles. The molecule has 2 aromatic rings. The number of fused-ring (bicyclic) bond motifs is 1. The average Bonchev–Trinajstić information content (AvgIpc) is 2.43. The molecule has 0 spiro atoms. The van der Waals surface area contributed by atoms with Crippen LogP contribution in [0.15, 0.2) is 36.4 Å². The van der Waals surface area contributed by atoms with Crippen LogP contribution in [0.5, 0.6) is 0 Å². The molecule has 3 nitrogen and oxygen atoms in total. The summed E-state index contributed by atoms with van der Waals surface area (Å²) in [6.07, 6.45) is 0.491. The molecule has 0 saturated carbocycles. The fraction of sp³-hybridized carbons (Fsp3) is 0.200. The Labute approximate surface area is 106 Å². The molecule has 0 bridgehead atoms. The summed E-state index contributed by atoms with van der Waals surface area (Å²) in [7, 11) is 1.96. The van der Waals surface area contributed by atoms with Crippen molar-refractivity contribution in [1.82, 2.24) is 0 Å². The highest BCUT2D eigenvalue weighted by molar-refractivity contribution is 5.97. The van der Waals surface area contributed by atoms with E-state index in [-0.39, 0.29) is 0 Å². The highest BCUT2D eigenvalue weighted by atomic mass is 15.1. The third kappa shape index (κ3) is 2.12. The van der Waals surface area contributed by atoms with Gasteiger partial charge in [-0.1, -0.05) is 24.3 Å². The van der Waals surface area contributed by atoms with Crippen molar-refractivity contribution in [2.75, 3.05) is 18.5 Å². The van der Waals surface area contributed by atoms with E-state index in [0.29, 0.717) is 18.5 Å². The molecule has 0 N–H and O–H groups in total. The van der Waals surface area contributed by atoms with Gasteiger partial charge in [0.2, 0.25) is 0 Å². The van der Waals surface area contributed by atoms with Crippen molar-refractivity contribution >= 4 is 16.5 Å². The van der Waals surface area contributed by atoms with Crippen LogP contribution in [-0.2, 0) is 0 Å². The predicted octanol–water partition coefficient (Wildman–Crippen LogP) is 3.06. The Bertz CT molecular complexity index is 647. The SMILES string of the molecule is CN(CCC#N)c1ccc(C#N)c2ccccc12. The minimum absolute atomic E-state index is 0.491. The first kappa shape index (κ1) is 12.0. The van der Waals surface area contributed by atoms with Crippen molar-refractivity contribution in [1.29, 1.82) is 10.5 Å². The number of anilines is 1. The third-order valence-corrected chi connectivity index (χ3v) is 2.99. The van der Waals surface area contributed by atoms with Crippen molar-refractivity contribution in [2.24, 2.45) is 0 Å². The van der Waals surface area contributed by atoms with Gasteiger partial charge >= 0.3 is 0 Å². The number of benzene rings is 2. The van der Waals surface area contributed by atoms with Crippen LogP contribution < -0.4 is 4.90 Å². The highest BCUT2D eigenvalue weighted by Gasteiger charge is 2.08. The molecule has 0 unspecified atom stereocenters. The van der Waals surface area contributed by atoms with Crippen LogP contribution in [0.1, 0.15) is 12.0 Å². The normalized spacial score (nSPS) is 9.72. The number of hydrogen-bond acceptors (Lipinski definition) is 3. The summed E-state index contributed by atoms with van der Waals surface area (Å²) < 4.78 is 0. The summed E-state index contributed by atoms with van der Waals surface area (Å²) in [5.74, 6) is 0. The second-order valence-corrected chi connectivity index (χ2v) is 4.12. The molecule has 0 aliphatic carbocycles. The van der Waals surface area contributed by atoms with Crippen LogP contribution in [0.2, 0.25) is 0 Å². The summed E-state index contributed by atoms with van der Waals surface area (Å²) in [4.78, 5) is 2.05. The quantitative estimate of drug-likeness (QED) is 0.821. The van der Waals surface area contributed by atoms with E-state index in [9.17, 15) is 0 Å². The Morgan fingerprint density at radius 2 is 1.78 bits per heavy atom. The first-order valence-corrected chi connectivity index (χ1v) is 5.78. The molecule has 0 aliphatic heterocycles. The predicted molar refractivity (Wildman–Crippen MR) is 72.2 cm³/mol. The van der Waals surface area contributed by atoms with Gasteiger partial charge in [-0.3, -0.25) is 0 Å². The second-order valence-electron chi connectivity index (χ2n) is 4.12. The zero-order valence-corrected chi connectivity index (χ0v) is 10.2. The Morgan fingerprint density at radius 3 is 2.44 bits per heavy atom. The Hall–Kier alpha value is -2.52.